The van der Waals surface area contributed by atoms with Crippen molar-refractivity contribution < 1.29 is 14.3 Å². The fourth-order valence-electron chi connectivity index (χ4n) is 4.02. The maximum absolute atomic E-state index is 13.1. The summed E-state index contributed by atoms with van der Waals surface area (Å²) >= 11 is 0. The molecule has 1 aliphatic heterocycles. The van der Waals surface area contributed by atoms with E-state index in [0.29, 0.717) is 13.1 Å². The van der Waals surface area contributed by atoms with Crippen molar-refractivity contribution in [2.75, 3.05) is 26.7 Å². The summed E-state index contributed by atoms with van der Waals surface area (Å²) in [4.78, 5) is 27.3. The van der Waals surface area contributed by atoms with Crippen molar-refractivity contribution >= 4 is 24.2 Å². The van der Waals surface area contributed by atoms with Gasteiger partial charge in [-0.05, 0) is 25.8 Å². The molecule has 0 spiro atoms. The highest BCUT2D eigenvalue weighted by molar-refractivity contribution is 5.88. The van der Waals surface area contributed by atoms with Gasteiger partial charge in [-0.3, -0.25) is 9.59 Å². The standard InChI is InChI=1S/C20H29N3O3.ClH/c1-14(22-19(24)15-7-3-4-8-15)20(25)23-12-11-21-13-17(23)16-9-5-6-10-18(16)26-2;/h5-6,9-10,14-15,17,21H,3-4,7-8,11-13H2,1-2H3,(H,22,24);1H. The smallest absolute Gasteiger partial charge is 0.245 e. The van der Waals surface area contributed by atoms with Crippen LogP contribution in [0.1, 0.15) is 44.2 Å². The van der Waals surface area contributed by atoms with Gasteiger partial charge in [0.25, 0.3) is 0 Å². The van der Waals surface area contributed by atoms with Gasteiger partial charge in [-0.25, -0.2) is 0 Å². The highest BCUT2D eigenvalue weighted by Gasteiger charge is 2.33. The molecule has 2 N–H and O–H groups in total. The molecule has 1 aromatic carbocycles. The molecule has 0 radical (unpaired) electrons. The van der Waals surface area contributed by atoms with Crippen molar-refractivity contribution in [1.82, 2.24) is 15.5 Å². The van der Waals surface area contributed by atoms with Gasteiger partial charge in [0.2, 0.25) is 11.8 Å². The Balaban J connectivity index is 0.00000261. The van der Waals surface area contributed by atoms with E-state index in [1.807, 2.05) is 29.2 Å². The summed E-state index contributed by atoms with van der Waals surface area (Å²) < 4.78 is 5.48. The summed E-state index contributed by atoms with van der Waals surface area (Å²) in [5, 5.41) is 6.29. The number of piperazine rings is 1. The molecule has 2 unspecified atom stereocenters. The Morgan fingerprint density at radius 3 is 2.67 bits per heavy atom. The zero-order valence-electron chi connectivity index (χ0n) is 16.1. The van der Waals surface area contributed by atoms with Crippen LogP contribution in [0, 0.1) is 5.92 Å². The van der Waals surface area contributed by atoms with Crippen LogP contribution in [-0.2, 0) is 9.59 Å². The predicted octanol–water partition coefficient (Wildman–Crippen LogP) is 2.28. The Morgan fingerprint density at radius 2 is 1.96 bits per heavy atom. The largest absolute Gasteiger partial charge is 0.496 e. The minimum Gasteiger partial charge on any atom is -0.496 e. The van der Waals surface area contributed by atoms with Crippen molar-refractivity contribution in [2.45, 2.75) is 44.7 Å². The maximum atomic E-state index is 13.1. The maximum Gasteiger partial charge on any atom is 0.245 e. The van der Waals surface area contributed by atoms with Crippen molar-refractivity contribution in [3.63, 3.8) is 0 Å². The summed E-state index contributed by atoms with van der Waals surface area (Å²) in [7, 11) is 1.64. The van der Waals surface area contributed by atoms with Gasteiger partial charge in [-0.1, -0.05) is 31.0 Å². The number of amides is 2. The zero-order chi connectivity index (χ0) is 18.5. The molecule has 1 aliphatic carbocycles. The number of hydrogen-bond acceptors (Lipinski definition) is 4. The molecule has 6 nitrogen and oxygen atoms in total. The number of ether oxygens (including phenoxy) is 1. The molecule has 0 bridgehead atoms. The zero-order valence-corrected chi connectivity index (χ0v) is 16.9. The lowest BCUT2D eigenvalue weighted by atomic mass is 10.0. The summed E-state index contributed by atoms with van der Waals surface area (Å²) in [5.74, 6) is 0.834. The third kappa shape index (κ3) is 4.93. The number of halogens is 1. The fourth-order valence-corrected chi connectivity index (χ4v) is 4.02. The first kappa shape index (κ1) is 21.5. The van der Waals surface area contributed by atoms with E-state index >= 15 is 0 Å². The molecule has 1 saturated heterocycles. The van der Waals surface area contributed by atoms with Crippen molar-refractivity contribution in [2.24, 2.45) is 5.92 Å². The summed E-state index contributed by atoms with van der Waals surface area (Å²) in [5.41, 5.74) is 0.991. The molecule has 3 rings (SSSR count). The molecule has 27 heavy (non-hydrogen) atoms. The minimum atomic E-state index is -0.515. The van der Waals surface area contributed by atoms with Crippen LogP contribution in [0.25, 0.3) is 0 Å². The normalized spacial score (nSPS) is 21.3. The van der Waals surface area contributed by atoms with Crippen LogP contribution in [0.4, 0.5) is 0 Å². The van der Waals surface area contributed by atoms with Crippen LogP contribution in [-0.4, -0.2) is 49.5 Å². The van der Waals surface area contributed by atoms with Crippen LogP contribution in [0.5, 0.6) is 5.75 Å². The monoisotopic (exact) mass is 395 g/mol. The first-order valence-electron chi connectivity index (χ1n) is 9.56. The van der Waals surface area contributed by atoms with Crippen LogP contribution in [0.3, 0.4) is 0 Å². The highest BCUT2D eigenvalue weighted by Crippen LogP contribution is 2.30. The highest BCUT2D eigenvalue weighted by atomic mass is 35.5. The number of carbonyl (C=O) groups is 2. The van der Waals surface area contributed by atoms with Crippen molar-refractivity contribution in [3.05, 3.63) is 29.8 Å². The average Bonchev–Trinajstić information content (AvgIpc) is 3.22. The summed E-state index contributed by atoms with van der Waals surface area (Å²) in [6, 6.07) is 7.18. The molecule has 1 heterocycles. The van der Waals surface area contributed by atoms with Gasteiger partial charge < -0.3 is 20.3 Å². The van der Waals surface area contributed by atoms with E-state index in [0.717, 1.165) is 43.5 Å². The Bertz CT molecular complexity index is 649. The van der Waals surface area contributed by atoms with Gasteiger partial charge in [-0.2, -0.15) is 0 Å². The Morgan fingerprint density at radius 1 is 1.26 bits per heavy atom. The Kier molecular flexibility index (Phi) is 7.92. The van der Waals surface area contributed by atoms with E-state index in [1.165, 1.54) is 0 Å². The third-order valence-electron chi connectivity index (χ3n) is 5.48. The van der Waals surface area contributed by atoms with Gasteiger partial charge in [0, 0.05) is 31.1 Å². The van der Waals surface area contributed by atoms with Crippen molar-refractivity contribution in [1.29, 1.82) is 0 Å². The first-order chi connectivity index (χ1) is 12.6. The lowest BCUT2D eigenvalue weighted by Gasteiger charge is -2.38. The topological polar surface area (TPSA) is 70.7 Å². The number of hydrogen-bond donors (Lipinski definition) is 2. The quantitative estimate of drug-likeness (QED) is 0.802. The summed E-state index contributed by atoms with van der Waals surface area (Å²) in [6.07, 6.45) is 4.08. The lowest BCUT2D eigenvalue weighted by molar-refractivity contribution is -0.139. The van der Waals surface area contributed by atoms with Gasteiger partial charge in [-0.15, -0.1) is 12.4 Å². The van der Waals surface area contributed by atoms with E-state index in [-0.39, 0.29) is 36.2 Å². The van der Waals surface area contributed by atoms with Gasteiger partial charge in [0.1, 0.15) is 11.8 Å². The minimum absolute atomic E-state index is 0. The number of carbonyl (C=O) groups excluding carboxylic acids is 2. The first-order valence-corrected chi connectivity index (χ1v) is 9.56. The number of para-hydroxylation sites is 1. The van der Waals surface area contributed by atoms with Gasteiger partial charge in [0.15, 0.2) is 0 Å². The second-order valence-corrected chi connectivity index (χ2v) is 7.21. The number of methoxy groups -OCH3 is 1. The number of nitrogens with one attached hydrogen (secondary N) is 2. The molecule has 2 amide bonds. The second kappa shape index (κ2) is 9.95. The molecular formula is C20H30ClN3O3. The molecule has 2 fully saturated rings. The number of rotatable bonds is 5. The van der Waals surface area contributed by atoms with E-state index in [9.17, 15) is 9.59 Å². The lowest BCUT2D eigenvalue weighted by Crippen LogP contribution is -2.55. The second-order valence-electron chi connectivity index (χ2n) is 7.21. The molecule has 150 valence electrons. The number of nitrogens with zero attached hydrogens (tertiary/aromatic N) is 1. The molecule has 2 aliphatic rings. The van der Waals surface area contributed by atoms with E-state index < -0.39 is 6.04 Å². The van der Waals surface area contributed by atoms with Crippen LogP contribution in [0.2, 0.25) is 0 Å². The van der Waals surface area contributed by atoms with Crippen molar-refractivity contribution in [3.8, 4) is 5.75 Å². The molecular weight excluding hydrogens is 366 g/mol. The van der Waals surface area contributed by atoms with Gasteiger partial charge in [0.05, 0.1) is 13.2 Å². The Hall–Kier alpha value is -1.79. The Labute approximate surface area is 167 Å². The third-order valence-corrected chi connectivity index (χ3v) is 5.48. The van der Waals surface area contributed by atoms with E-state index in [2.05, 4.69) is 10.6 Å². The van der Waals surface area contributed by atoms with E-state index in [1.54, 1.807) is 14.0 Å². The number of benzene rings is 1. The molecule has 7 heteroatoms. The molecule has 1 saturated carbocycles. The summed E-state index contributed by atoms with van der Waals surface area (Å²) in [6.45, 7) is 3.83. The SMILES string of the molecule is COc1ccccc1C1CNCCN1C(=O)C(C)NC(=O)C1CCCC1.Cl. The molecule has 2 atom stereocenters. The van der Waals surface area contributed by atoms with Crippen LogP contribution >= 0.6 is 12.4 Å². The predicted molar refractivity (Wildman–Crippen MR) is 107 cm³/mol. The van der Waals surface area contributed by atoms with Crippen LogP contribution < -0.4 is 15.4 Å². The molecule has 1 aromatic rings. The molecule has 0 aromatic heterocycles. The fraction of sp³-hybridized carbons (Fsp3) is 0.600. The van der Waals surface area contributed by atoms with Crippen LogP contribution in [0.15, 0.2) is 24.3 Å². The van der Waals surface area contributed by atoms with Gasteiger partial charge >= 0.3 is 0 Å². The van der Waals surface area contributed by atoms with E-state index in [4.69, 9.17) is 4.74 Å². The average molecular weight is 396 g/mol.